The fourth-order valence-electron chi connectivity index (χ4n) is 2.67. The van der Waals surface area contributed by atoms with E-state index < -0.39 is 5.97 Å². The summed E-state index contributed by atoms with van der Waals surface area (Å²) in [5.41, 5.74) is 1.51. The molecule has 120 valence electrons. The summed E-state index contributed by atoms with van der Waals surface area (Å²) in [6.07, 6.45) is 1.60. The Bertz CT molecular complexity index is 860. The van der Waals surface area contributed by atoms with E-state index in [1.807, 2.05) is 30.3 Å². The number of hydrogen-bond acceptors (Lipinski definition) is 4. The second-order valence-electron chi connectivity index (χ2n) is 5.29. The molecule has 0 saturated heterocycles. The molecular weight excluding hydrogens is 304 g/mol. The van der Waals surface area contributed by atoms with E-state index in [1.165, 1.54) is 0 Å². The van der Waals surface area contributed by atoms with E-state index in [2.05, 4.69) is 0 Å². The zero-order valence-electron chi connectivity index (χ0n) is 13.2. The fraction of sp³-hybridized carbons (Fsp3) is 0.100. The number of hydrogen-bond donors (Lipinski definition) is 1. The van der Waals surface area contributed by atoms with Crippen molar-refractivity contribution in [3.8, 4) is 0 Å². The number of carbonyl (C=O) groups excluding carboxylic acids is 2. The summed E-state index contributed by atoms with van der Waals surface area (Å²) in [7, 11) is 0. The van der Waals surface area contributed by atoms with Gasteiger partial charge in [-0.1, -0.05) is 54.6 Å². The summed E-state index contributed by atoms with van der Waals surface area (Å²) >= 11 is 0. The maximum Gasteiger partial charge on any atom is 0.342 e. The quantitative estimate of drug-likeness (QED) is 0.690. The molecule has 3 rings (SSSR count). The molecule has 1 aliphatic carbocycles. The third-order valence-electron chi connectivity index (χ3n) is 3.77. The number of aliphatic hydroxyl groups excluding tert-OH is 1. The topological polar surface area (TPSA) is 63.6 Å². The number of rotatable bonds is 3. The maximum absolute atomic E-state index is 12.9. The van der Waals surface area contributed by atoms with Gasteiger partial charge < -0.3 is 9.84 Å². The van der Waals surface area contributed by atoms with Crippen LogP contribution in [0.25, 0.3) is 11.8 Å². The second kappa shape index (κ2) is 6.54. The molecule has 0 unspecified atom stereocenters. The molecule has 4 heteroatoms. The van der Waals surface area contributed by atoms with Gasteiger partial charge in [0, 0.05) is 16.7 Å². The summed E-state index contributed by atoms with van der Waals surface area (Å²) in [6, 6.07) is 15.8. The number of aliphatic hydroxyl groups is 1. The van der Waals surface area contributed by atoms with Crippen LogP contribution >= 0.6 is 0 Å². The molecule has 2 aromatic rings. The first-order valence-electron chi connectivity index (χ1n) is 7.65. The van der Waals surface area contributed by atoms with Crippen molar-refractivity contribution in [1.82, 2.24) is 0 Å². The van der Waals surface area contributed by atoms with Crippen molar-refractivity contribution in [3.05, 3.63) is 82.4 Å². The van der Waals surface area contributed by atoms with Crippen molar-refractivity contribution in [2.24, 2.45) is 0 Å². The number of ether oxygens (including phenoxy) is 1. The number of Topliss-reactive ketones (excluding diaryl/α,β-unsaturated/α-hetero) is 1. The predicted octanol–water partition coefficient (Wildman–Crippen LogP) is 3.80. The monoisotopic (exact) mass is 320 g/mol. The van der Waals surface area contributed by atoms with Crippen molar-refractivity contribution >= 4 is 23.6 Å². The van der Waals surface area contributed by atoms with Gasteiger partial charge in [-0.05, 0) is 18.6 Å². The van der Waals surface area contributed by atoms with Gasteiger partial charge in [0.25, 0.3) is 0 Å². The van der Waals surface area contributed by atoms with E-state index in [9.17, 15) is 14.7 Å². The van der Waals surface area contributed by atoms with Crippen molar-refractivity contribution in [1.29, 1.82) is 0 Å². The number of carbonyl (C=O) groups is 2. The maximum atomic E-state index is 12.9. The number of benzene rings is 2. The van der Waals surface area contributed by atoms with E-state index in [0.717, 1.165) is 5.56 Å². The molecule has 0 amide bonds. The lowest BCUT2D eigenvalue weighted by Gasteiger charge is -2.20. The molecule has 0 fully saturated rings. The largest absolute Gasteiger partial charge is 0.506 e. The van der Waals surface area contributed by atoms with Crippen LogP contribution in [0, 0.1) is 0 Å². The Balaban J connectivity index is 2.23. The van der Waals surface area contributed by atoms with E-state index in [4.69, 9.17) is 4.74 Å². The Morgan fingerprint density at radius 2 is 1.67 bits per heavy atom. The van der Waals surface area contributed by atoms with Gasteiger partial charge in [0.1, 0.15) is 11.3 Å². The molecule has 0 spiro atoms. The van der Waals surface area contributed by atoms with Crippen molar-refractivity contribution in [3.63, 3.8) is 0 Å². The molecule has 2 aromatic carbocycles. The lowest BCUT2D eigenvalue weighted by molar-refractivity contribution is -0.138. The van der Waals surface area contributed by atoms with Gasteiger partial charge in [0.05, 0.1) is 6.61 Å². The minimum Gasteiger partial charge on any atom is -0.506 e. The standard InChI is InChI=1S/C20H16O4/c1-2-24-20(23)17-16(12-13-8-4-3-5-9-13)18(21)14-10-6-7-11-15(14)19(17)22/h3-12,22H,2H2,1H3/b16-12-. The summed E-state index contributed by atoms with van der Waals surface area (Å²) in [5.74, 6) is -1.25. The van der Waals surface area contributed by atoms with Crippen LogP contribution in [0.15, 0.2) is 65.7 Å². The summed E-state index contributed by atoms with van der Waals surface area (Å²) in [4.78, 5) is 25.2. The highest BCUT2D eigenvalue weighted by Crippen LogP contribution is 2.34. The van der Waals surface area contributed by atoms with Crippen LogP contribution in [0.5, 0.6) is 0 Å². The number of esters is 1. The first kappa shape index (κ1) is 15.7. The molecule has 0 aromatic heterocycles. The molecule has 0 saturated carbocycles. The van der Waals surface area contributed by atoms with E-state index in [0.29, 0.717) is 11.1 Å². The van der Waals surface area contributed by atoms with Crippen LogP contribution in [0.1, 0.15) is 28.4 Å². The van der Waals surface area contributed by atoms with Gasteiger partial charge in [-0.15, -0.1) is 0 Å². The highest BCUT2D eigenvalue weighted by atomic mass is 16.5. The van der Waals surface area contributed by atoms with Crippen LogP contribution < -0.4 is 0 Å². The van der Waals surface area contributed by atoms with Gasteiger partial charge in [0.2, 0.25) is 0 Å². The zero-order valence-corrected chi connectivity index (χ0v) is 13.2. The Morgan fingerprint density at radius 3 is 2.33 bits per heavy atom. The van der Waals surface area contributed by atoms with E-state index >= 15 is 0 Å². The third-order valence-corrected chi connectivity index (χ3v) is 3.77. The summed E-state index contributed by atoms with van der Waals surface area (Å²) < 4.78 is 5.03. The third kappa shape index (κ3) is 2.74. The van der Waals surface area contributed by atoms with Gasteiger partial charge in [-0.3, -0.25) is 4.79 Å². The predicted molar refractivity (Wildman–Crippen MR) is 91.4 cm³/mol. The molecular formula is C20H16O4. The van der Waals surface area contributed by atoms with E-state index in [-0.39, 0.29) is 29.3 Å². The Hall–Kier alpha value is -3.14. The Labute approximate surface area is 139 Å². The molecule has 0 radical (unpaired) electrons. The Kier molecular flexibility index (Phi) is 4.29. The van der Waals surface area contributed by atoms with Crippen LogP contribution in [0.3, 0.4) is 0 Å². The average molecular weight is 320 g/mol. The fourth-order valence-corrected chi connectivity index (χ4v) is 2.67. The SMILES string of the molecule is CCOC(=O)C1=C(O)c2ccccc2C(=O)/C1=C\c1ccccc1. The van der Waals surface area contributed by atoms with E-state index in [1.54, 1.807) is 37.3 Å². The molecule has 0 aliphatic heterocycles. The Morgan fingerprint density at radius 1 is 1.04 bits per heavy atom. The number of fused-ring (bicyclic) bond motifs is 1. The van der Waals surface area contributed by atoms with Crippen molar-refractivity contribution in [2.45, 2.75) is 6.92 Å². The molecule has 1 aliphatic rings. The van der Waals surface area contributed by atoms with Gasteiger partial charge in [-0.2, -0.15) is 0 Å². The van der Waals surface area contributed by atoms with Crippen molar-refractivity contribution < 1.29 is 19.4 Å². The minimum absolute atomic E-state index is 0.0931. The normalized spacial score (nSPS) is 15.4. The first-order valence-corrected chi connectivity index (χ1v) is 7.65. The summed E-state index contributed by atoms with van der Waals surface area (Å²) in [5, 5.41) is 10.6. The van der Waals surface area contributed by atoms with Gasteiger partial charge in [0.15, 0.2) is 5.78 Å². The first-order chi connectivity index (χ1) is 11.6. The molecule has 0 atom stereocenters. The van der Waals surface area contributed by atoms with Crippen LogP contribution in [-0.2, 0) is 9.53 Å². The van der Waals surface area contributed by atoms with Crippen molar-refractivity contribution in [2.75, 3.05) is 6.61 Å². The highest BCUT2D eigenvalue weighted by molar-refractivity contribution is 6.26. The average Bonchev–Trinajstić information content (AvgIpc) is 2.60. The van der Waals surface area contributed by atoms with Gasteiger partial charge >= 0.3 is 5.97 Å². The molecule has 24 heavy (non-hydrogen) atoms. The van der Waals surface area contributed by atoms with Crippen LogP contribution in [0.4, 0.5) is 0 Å². The molecule has 0 heterocycles. The smallest absolute Gasteiger partial charge is 0.342 e. The summed E-state index contributed by atoms with van der Waals surface area (Å²) in [6.45, 7) is 1.83. The van der Waals surface area contributed by atoms with Gasteiger partial charge in [-0.25, -0.2) is 4.79 Å². The van der Waals surface area contributed by atoms with Crippen LogP contribution in [0.2, 0.25) is 0 Å². The molecule has 4 nitrogen and oxygen atoms in total. The molecule has 1 N–H and O–H groups in total. The number of ketones is 1. The lowest BCUT2D eigenvalue weighted by atomic mass is 9.84. The highest BCUT2D eigenvalue weighted by Gasteiger charge is 2.34. The zero-order chi connectivity index (χ0) is 17.1. The lowest BCUT2D eigenvalue weighted by Crippen LogP contribution is -2.22. The molecule has 0 bridgehead atoms. The second-order valence-corrected chi connectivity index (χ2v) is 5.29. The van der Waals surface area contributed by atoms with Crippen LogP contribution in [-0.4, -0.2) is 23.5 Å². The minimum atomic E-state index is -0.708.